The topological polar surface area (TPSA) is 36.9 Å². The molecule has 1 heterocycles. The molecule has 0 amide bonds. The van der Waals surface area contributed by atoms with Gasteiger partial charge in [-0.1, -0.05) is 60.7 Å². The fraction of sp³-hybridized carbons (Fsp3) is 0.478. The highest BCUT2D eigenvalue weighted by molar-refractivity contribution is 5.14. The zero-order chi connectivity index (χ0) is 18.7. The van der Waals surface area contributed by atoms with Crippen LogP contribution in [0.1, 0.15) is 37.8 Å². The first kappa shape index (κ1) is 18.6. The fourth-order valence-corrected chi connectivity index (χ4v) is 3.97. The van der Waals surface area contributed by atoms with Crippen LogP contribution < -0.4 is 0 Å². The number of rotatable bonds is 6. The average molecular weight is 368 g/mol. The van der Waals surface area contributed by atoms with Crippen molar-refractivity contribution in [3.05, 3.63) is 71.8 Å². The van der Waals surface area contributed by atoms with Gasteiger partial charge in [-0.2, -0.15) is 0 Å². The van der Waals surface area contributed by atoms with Crippen LogP contribution in [0, 0.1) is 0 Å². The first-order valence-electron chi connectivity index (χ1n) is 9.76. The SMILES string of the molecule is CC1(C)OC2[C@@H](OCc3ccccc3)C[C@@H](OCc3ccccc3)C[C@H]2O1. The summed E-state index contributed by atoms with van der Waals surface area (Å²) in [6, 6.07) is 20.5. The Labute approximate surface area is 161 Å². The van der Waals surface area contributed by atoms with E-state index in [0.717, 1.165) is 12.8 Å². The van der Waals surface area contributed by atoms with Crippen molar-refractivity contribution in [2.75, 3.05) is 0 Å². The molecule has 1 saturated carbocycles. The first-order chi connectivity index (χ1) is 13.1. The lowest BCUT2D eigenvalue weighted by molar-refractivity contribution is -0.160. The Balaban J connectivity index is 1.41. The Morgan fingerprint density at radius 1 is 0.815 bits per heavy atom. The second-order valence-corrected chi connectivity index (χ2v) is 7.86. The maximum atomic E-state index is 6.27. The van der Waals surface area contributed by atoms with Gasteiger partial charge in [0.15, 0.2) is 5.79 Å². The van der Waals surface area contributed by atoms with Crippen LogP contribution in [0.5, 0.6) is 0 Å². The molecule has 2 fully saturated rings. The third-order valence-electron chi connectivity index (χ3n) is 5.21. The lowest BCUT2D eigenvalue weighted by atomic mass is 9.89. The molecule has 2 aromatic rings. The van der Waals surface area contributed by atoms with Gasteiger partial charge in [-0.25, -0.2) is 0 Å². The lowest BCUT2D eigenvalue weighted by Crippen LogP contribution is -2.46. The van der Waals surface area contributed by atoms with Crippen molar-refractivity contribution >= 4 is 0 Å². The van der Waals surface area contributed by atoms with Crippen LogP contribution in [0.3, 0.4) is 0 Å². The molecule has 4 nitrogen and oxygen atoms in total. The van der Waals surface area contributed by atoms with Crippen LogP contribution >= 0.6 is 0 Å². The summed E-state index contributed by atoms with van der Waals surface area (Å²) in [4.78, 5) is 0. The van der Waals surface area contributed by atoms with Gasteiger partial charge in [-0.05, 0) is 25.0 Å². The molecule has 4 heteroatoms. The molecule has 0 N–H and O–H groups in total. The Morgan fingerprint density at radius 2 is 1.41 bits per heavy atom. The first-order valence-corrected chi connectivity index (χ1v) is 9.76. The van der Waals surface area contributed by atoms with Gasteiger partial charge in [0.25, 0.3) is 0 Å². The number of hydrogen-bond acceptors (Lipinski definition) is 4. The summed E-state index contributed by atoms with van der Waals surface area (Å²) >= 11 is 0. The maximum Gasteiger partial charge on any atom is 0.163 e. The molecule has 0 spiro atoms. The minimum atomic E-state index is -0.571. The van der Waals surface area contributed by atoms with Gasteiger partial charge in [0.1, 0.15) is 6.10 Å². The van der Waals surface area contributed by atoms with Gasteiger partial charge >= 0.3 is 0 Å². The summed E-state index contributed by atoms with van der Waals surface area (Å²) in [5.74, 6) is -0.571. The largest absolute Gasteiger partial charge is 0.373 e. The molecule has 0 radical (unpaired) electrons. The molecule has 2 aliphatic rings. The van der Waals surface area contributed by atoms with E-state index >= 15 is 0 Å². The summed E-state index contributed by atoms with van der Waals surface area (Å²) in [6.45, 7) is 5.13. The van der Waals surface area contributed by atoms with E-state index in [9.17, 15) is 0 Å². The van der Waals surface area contributed by atoms with E-state index in [2.05, 4.69) is 24.3 Å². The number of fused-ring (bicyclic) bond motifs is 1. The summed E-state index contributed by atoms with van der Waals surface area (Å²) in [5, 5.41) is 0. The Morgan fingerprint density at radius 3 is 2.04 bits per heavy atom. The average Bonchev–Trinajstić information content (AvgIpc) is 3.00. The molecule has 0 bridgehead atoms. The molecule has 1 saturated heterocycles. The summed E-state index contributed by atoms with van der Waals surface area (Å²) < 4.78 is 24.8. The monoisotopic (exact) mass is 368 g/mol. The van der Waals surface area contributed by atoms with Crippen LogP contribution in [-0.2, 0) is 32.2 Å². The Hall–Kier alpha value is -1.72. The predicted octanol–water partition coefficient (Wildman–Crippen LogP) is 4.47. The lowest BCUT2D eigenvalue weighted by Gasteiger charge is -2.36. The van der Waals surface area contributed by atoms with E-state index in [-0.39, 0.29) is 24.4 Å². The van der Waals surface area contributed by atoms with Crippen LogP contribution in [0.25, 0.3) is 0 Å². The zero-order valence-electron chi connectivity index (χ0n) is 16.0. The zero-order valence-corrected chi connectivity index (χ0v) is 16.0. The molecule has 1 aliphatic heterocycles. The van der Waals surface area contributed by atoms with Gasteiger partial charge in [0, 0.05) is 12.8 Å². The molecule has 144 valence electrons. The molecule has 2 aromatic carbocycles. The minimum Gasteiger partial charge on any atom is -0.373 e. The van der Waals surface area contributed by atoms with Crippen molar-refractivity contribution in [2.45, 2.75) is 70.1 Å². The van der Waals surface area contributed by atoms with E-state index in [1.165, 1.54) is 11.1 Å². The van der Waals surface area contributed by atoms with Gasteiger partial charge in [-0.3, -0.25) is 0 Å². The van der Waals surface area contributed by atoms with Gasteiger partial charge in [0.05, 0.1) is 31.5 Å². The molecular weight excluding hydrogens is 340 g/mol. The molecule has 4 atom stereocenters. The minimum absolute atomic E-state index is 0.00953. The smallest absolute Gasteiger partial charge is 0.163 e. The quantitative estimate of drug-likeness (QED) is 0.754. The highest BCUT2D eigenvalue weighted by Gasteiger charge is 2.50. The Bertz CT molecular complexity index is 716. The molecule has 1 unspecified atom stereocenters. The molecule has 27 heavy (non-hydrogen) atoms. The highest BCUT2D eigenvalue weighted by atomic mass is 16.8. The standard InChI is InChI=1S/C23H28O4/c1-23(2)26-21-14-19(24-15-17-9-5-3-6-10-17)13-20(22(21)27-23)25-16-18-11-7-4-8-12-18/h3-12,19-22H,13-16H2,1-2H3/t19-,20+,21-,22?/m1/s1. The van der Waals surface area contributed by atoms with Crippen LogP contribution in [-0.4, -0.2) is 30.2 Å². The van der Waals surface area contributed by atoms with Crippen molar-refractivity contribution in [1.82, 2.24) is 0 Å². The normalized spacial score (nSPS) is 29.4. The molecule has 1 aliphatic carbocycles. The summed E-state index contributed by atoms with van der Waals surface area (Å²) in [7, 11) is 0. The van der Waals surface area contributed by atoms with Crippen molar-refractivity contribution < 1.29 is 18.9 Å². The molecular formula is C23H28O4. The van der Waals surface area contributed by atoms with Crippen LogP contribution in [0.2, 0.25) is 0 Å². The van der Waals surface area contributed by atoms with E-state index in [4.69, 9.17) is 18.9 Å². The van der Waals surface area contributed by atoms with E-state index < -0.39 is 5.79 Å². The van der Waals surface area contributed by atoms with Crippen LogP contribution in [0.4, 0.5) is 0 Å². The van der Waals surface area contributed by atoms with Crippen LogP contribution in [0.15, 0.2) is 60.7 Å². The molecule has 4 rings (SSSR count). The summed E-state index contributed by atoms with van der Waals surface area (Å²) in [6.07, 6.45) is 1.69. The number of ether oxygens (including phenoxy) is 4. The third-order valence-corrected chi connectivity index (χ3v) is 5.21. The highest BCUT2D eigenvalue weighted by Crippen LogP contribution is 2.39. The summed E-state index contributed by atoms with van der Waals surface area (Å²) in [5.41, 5.74) is 2.35. The van der Waals surface area contributed by atoms with Gasteiger partial charge in [0.2, 0.25) is 0 Å². The number of benzene rings is 2. The van der Waals surface area contributed by atoms with Gasteiger partial charge in [-0.15, -0.1) is 0 Å². The van der Waals surface area contributed by atoms with Crippen molar-refractivity contribution in [2.24, 2.45) is 0 Å². The van der Waals surface area contributed by atoms with Crippen molar-refractivity contribution in [1.29, 1.82) is 0 Å². The van der Waals surface area contributed by atoms with Crippen molar-refractivity contribution in [3.8, 4) is 0 Å². The van der Waals surface area contributed by atoms with Crippen molar-refractivity contribution in [3.63, 3.8) is 0 Å². The number of hydrogen-bond donors (Lipinski definition) is 0. The second kappa shape index (κ2) is 8.11. The predicted molar refractivity (Wildman–Crippen MR) is 103 cm³/mol. The van der Waals surface area contributed by atoms with E-state index in [1.54, 1.807) is 0 Å². The third kappa shape index (κ3) is 4.77. The second-order valence-electron chi connectivity index (χ2n) is 7.86. The maximum absolute atomic E-state index is 6.27. The van der Waals surface area contributed by atoms with Gasteiger partial charge < -0.3 is 18.9 Å². The fourth-order valence-electron chi connectivity index (χ4n) is 3.97. The van der Waals surface area contributed by atoms with E-state index in [1.807, 2.05) is 50.2 Å². The molecule has 0 aromatic heterocycles. The van der Waals surface area contributed by atoms with E-state index in [0.29, 0.717) is 13.2 Å². The Kier molecular flexibility index (Phi) is 5.60.